The van der Waals surface area contributed by atoms with Gasteiger partial charge in [-0.25, -0.2) is 4.79 Å². The maximum atomic E-state index is 11.7. The van der Waals surface area contributed by atoms with Crippen LogP contribution >= 0.6 is 0 Å². The summed E-state index contributed by atoms with van der Waals surface area (Å²) in [5.41, 5.74) is 0.393. The number of carbonyl (C=O) groups excluding carboxylic acids is 2. The molecular weight excluding hydrogens is 310 g/mol. The summed E-state index contributed by atoms with van der Waals surface area (Å²) in [7, 11) is 1.55. The Labute approximate surface area is 142 Å². The van der Waals surface area contributed by atoms with Crippen molar-refractivity contribution in [1.29, 1.82) is 0 Å². The fraction of sp³-hybridized carbons (Fsp3) is 0.444. The second-order valence-electron chi connectivity index (χ2n) is 6.08. The molecule has 1 rings (SSSR count). The Bertz CT molecular complexity index is 602. The summed E-state index contributed by atoms with van der Waals surface area (Å²) in [5, 5.41) is 2.71. The Morgan fingerprint density at radius 3 is 2.50 bits per heavy atom. The lowest BCUT2D eigenvalue weighted by atomic mass is 10.1. The van der Waals surface area contributed by atoms with E-state index in [4.69, 9.17) is 14.2 Å². The molecule has 0 radical (unpaired) electrons. The van der Waals surface area contributed by atoms with Gasteiger partial charge in [-0.2, -0.15) is 0 Å². The van der Waals surface area contributed by atoms with Gasteiger partial charge in [-0.3, -0.25) is 4.79 Å². The highest BCUT2D eigenvalue weighted by Crippen LogP contribution is 2.28. The number of hydrogen-bond donors (Lipinski definition) is 1. The van der Waals surface area contributed by atoms with Crippen molar-refractivity contribution in [3.8, 4) is 11.5 Å². The molecule has 6 heteroatoms. The summed E-state index contributed by atoms with van der Waals surface area (Å²) >= 11 is 0. The van der Waals surface area contributed by atoms with E-state index in [1.54, 1.807) is 31.4 Å². The van der Waals surface area contributed by atoms with Gasteiger partial charge in [-0.05, 0) is 51.5 Å². The maximum Gasteiger partial charge on any atom is 0.331 e. The molecule has 0 aliphatic rings. The van der Waals surface area contributed by atoms with Crippen LogP contribution in [0.5, 0.6) is 11.5 Å². The van der Waals surface area contributed by atoms with Crippen molar-refractivity contribution in [3.63, 3.8) is 0 Å². The van der Waals surface area contributed by atoms with E-state index in [1.165, 1.54) is 6.08 Å². The zero-order valence-electron chi connectivity index (χ0n) is 14.8. The van der Waals surface area contributed by atoms with Gasteiger partial charge in [-0.15, -0.1) is 0 Å². The van der Waals surface area contributed by atoms with Crippen molar-refractivity contribution >= 4 is 18.0 Å². The number of rotatable bonds is 7. The highest BCUT2D eigenvalue weighted by molar-refractivity contribution is 5.89. The number of benzene rings is 1. The summed E-state index contributed by atoms with van der Waals surface area (Å²) in [5.74, 6) is 0.286. The van der Waals surface area contributed by atoms with Gasteiger partial charge in [0.05, 0.1) is 13.7 Å². The Balaban J connectivity index is 2.59. The van der Waals surface area contributed by atoms with Gasteiger partial charge in [0, 0.05) is 11.6 Å². The van der Waals surface area contributed by atoms with Crippen LogP contribution in [-0.2, 0) is 14.3 Å². The van der Waals surface area contributed by atoms with Crippen molar-refractivity contribution < 1.29 is 23.8 Å². The summed E-state index contributed by atoms with van der Waals surface area (Å²) in [6, 6.07) is 5.31. The van der Waals surface area contributed by atoms with Crippen molar-refractivity contribution in [2.45, 2.75) is 33.2 Å². The summed E-state index contributed by atoms with van der Waals surface area (Å²) in [6.07, 6.45) is 2.85. The third-order valence-corrected chi connectivity index (χ3v) is 2.76. The first-order valence-electron chi connectivity index (χ1n) is 7.72. The third kappa shape index (κ3) is 7.17. The summed E-state index contributed by atoms with van der Waals surface area (Å²) in [6.45, 7) is 7.67. The van der Waals surface area contributed by atoms with Gasteiger partial charge in [-0.1, -0.05) is 6.07 Å². The van der Waals surface area contributed by atoms with Crippen LogP contribution in [-0.4, -0.2) is 37.7 Å². The lowest BCUT2D eigenvalue weighted by molar-refractivity contribution is -0.144. The molecule has 1 aromatic carbocycles. The van der Waals surface area contributed by atoms with E-state index >= 15 is 0 Å². The molecule has 0 aliphatic heterocycles. The topological polar surface area (TPSA) is 73.9 Å². The molecule has 0 unspecified atom stereocenters. The molecule has 24 heavy (non-hydrogen) atoms. The van der Waals surface area contributed by atoms with Crippen molar-refractivity contribution in [2.75, 3.05) is 20.3 Å². The molecule has 6 nitrogen and oxygen atoms in total. The fourth-order valence-corrected chi connectivity index (χ4v) is 1.87. The first-order valence-corrected chi connectivity index (χ1v) is 7.72. The van der Waals surface area contributed by atoms with E-state index in [0.717, 1.165) is 5.56 Å². The number of esters is 1. The zero-order chi connectivity index (χ0) is 18.2. The molecule has 0 fully saturated rings. The molecule has 1 amide bonds. The van der Waals surface area contributed by atoms with Crippen LogP contribution in [0, 0.1) is 0 Å². The van der Waals surface area contributed by atoms with Gasteiger partial charge in [0.1, 0.15) is 0 Å². The number of amides is 1. The molecule has 0 aliphatic carbocycles. The number of methoxy groups -OCH3 is 1. The van der Waals surface area contributed by atoms with Crippen molar-refractivity contribution in [3.05, 3.63) is 29.8 Å². The fourth-order valence-electron chi connectivity index (χ4n) is 1.87. The lowest BCUT2D eigenvalue weighted by Gasteiger charge is -2.20. The number of hydrogen-bond acceptors (Lipinski definition) is 5. The lowest BCUT2D eigenvalue weighted by Crippen LogP contribution is -2.42. The van der Waals surface area contributed by atoms with Crippen molar-refractivity contribution in [1.82, 2.24) is 5.32 Å². The van der Waals surface area contributed by atoms with E-state index in [-0.39, 0.29) is 18.1 Å². The molecule has 132 valence electrons. The molecule has 0 atom stereocenters. The predicted molar refractivity (Wildman–Crippen MR) is 92.1 cm³/mol. The highest BCUT2D eigenvalue weighted by Gasteiger charge is 2.14. The number of carbonyl (C=O) groups is 2. The van der Waals surface area contributed by atoms with Crippen LogP contribution in [0.15, 0.2) is 24.3 Å². The minimum absolute atomic E-state index is 0.312. The number of nitrogens with one attached hydrogen (secondary N) is 1. The molecule has 1 N–H and O–H groups in total. The smallest absolute Gasteiger partial charge is 0.331 e. The molecular formula is C18H25NO5. The maximum absolute atomic E-state index is 11.7. The van der Waals surface area contributed by atoms with E-state index in [2.05, 4.69) is 5.32 Å². The quantitative estimate of drug-likeness (QED) is 0.612. The van der Waals surface area contributed by atoms with E-state index in [1.807, 2.05) is 27.7 Å². The standard InChI is InChI=1S/C18H25NO5/c1-6-23-14-9-7-13(11-15(14)22-5)8-10-17(21)24-12-16(20)19-18(2,3)4/h7-11H,6,12H2,1-5H3,(H,19,20)/b10-8+. The molecule has 0 saturated carbocycles. The van der Waals surface area contributed by atoms with E-state index in [0.29, 0.717) is 18.1 Å². The monoisotopic (exact) mass is 335 g/mol. The average Bonchev–Trinajstić information content (AvgIpc) is 2.50. The van der Waals surface area contributed by atoms with Crippen LogP contribution in [0.2, 0.25) is 0 Å². The van der Waals surface area contributed by atoms with Gasteiger partial charge in [0.2, 0.25) is 0 Å². The summed E-state index contributed by atoms with van der Waals surface area (Å²) in [4.78, 5) is 23.2. The van der Waals surface area contributed by atoms with Crippen LogP contribution in [0.1, 0.15) is 33.3 Å². The first-order chi connectivity index (χ1) is 11.2. The minimum Gasteiger partial charge on any atom is -0.493 e. The molecule has 0 aromatic heterocycles. The Morgan fingerprint density at radius 2 is 1.92 bits per heavy atom. The minimum atomic E-state index is -0.591. The molecule has 0 bridgehead atoms. The second kappa shape index (κ2) is 8.96. The van der Waals surface area contributed by atoms with Gasteiger partial charge < -0.3 is 19.5 Å². The van der Waals surface area contributed by atoms with Gasteiger partial charge in [0.25, 0.3) is 5.91 Å². The van der Waals surface area contributed by atoms with Crippen LogP contribution in [0.4, 0.5) is 0 Å². The highest BCUT2D eigenvalue weighted by atomic mass is 16.5. The second-order valence-corrected chi connectivity index (χ2v) is 6.08. The Kier molecular flexibility index (Phi) is 7.30. The van der Waals surface area contributed by atoms with Crippen molar-refractivity contribution in [2.24, 2.45) is 0 Å². The van der Waals surface area contributed by atoms with Gasteiger partial charge >= 0.3 is 5.97 Å². The van der Waals surface area contributed by atoms with Crippen LogP contribution < -0.4 is 14.8 Å². The molecule has 0 heterocycles. The number of ether oxygens (including phenoxy) is 3. The first kappa shape index (κ1) is 19.5. The normalized spacial score (nSPS) is 11.2. The Hall–Kier alpha value is -2.50. The average molecular weight is 335 g/mol. The molecule has 0 saturated heterocycles. The van der Waals surface area contributed by atoms with E-state index in [9.17, 15) is 9.59 Å². The summed E-state index contributed by atoms with van der Waals surface area (Å²) < 4.78 is 15.6. The van der Waals surface area contributed by atoms with Crippen LogP contribution in [0.25, 0.3) is 6.08 Å². The SMILES string of the molecule is CCOc1ccc(/C=C/C(=O)OCC(=O)NC(C)(C)C)cc1OC. The molecule has 1 aromatic rings. The van der Waals surface area contributed by atoms with E-state index < -0.39 is 5.97 Å². The molecule has 0 spiro atoms. The largest absolute Gasteiger partial charge is 0.493 e. The third-order valence-electron chi connectivity index (χ3n) is 2.76. The van der Waals surface area contributed by atoms with Crippen LogP contribution in [0.3, 0.4) is 0 Å². The zero-order valence-corrected chi connectivity index (χ0v) is 14.8. The predicted octanol–water partition coefficient (Wildman–Crippen LogP) is 2.57. The van der Waals surface area contributed by atoms with Gasteiger partial charge in [0.15, 0.2) is 18.1 Å². The Morgan fingerprint density at radius 1 is 1.21 bits per heavy atom.